The highest BCUT2D eigenvalue weighted by atomic mass is 79.9. The Labute approximate surface area is 103 Å². The number of rotatable bonds is 2. The molecule has 6 heteroatoms. The molecule has 2 heterocycles. The molecule has 1 unspecified atom stereocenters. The fourth-order valence-electron chi connectivity index (χ4n) is 1.77. The van der Waals surface area contributed by atoms with E-state index in [2.05, 4.69) is 31.9 Å². The minimum atomic E-state index is -0.292. The number of imidazole rings is 1. The third-order valence-electron chi connectivity index (χ3n) is 2.68. The average molecular weight is 285 g/mol. The van der Waals surface area contributed by atoms with E-state index < -0.39 is 0 Å². The SMILES string of the molecule is Cn1cnc(C(C#N)N2CCOCC2)c1Br. The minimum absolute atomic E-state index is 0.292. The first kappa shape index (κ1) is 11.6. The number of nitrogens with zero attached hydrogens (tertiary/aromatic N) is 4. The predicted octanol–water partition coefficient (Wildman–Crippen LogP) is 1.08. The van der Waals surface area contributed by atoms with Gasteiger partial charge in [0, 0.05) is 20.1 Å². The summed E-state index contributed by atoms with van der Waals surface area (Å²) < 4.78 is 8.00. The second-order valence-electron chi connectivity index (χ2n) is 3.71. The van der Waals surface area contributed by atoms with Gasteiger partial charge in [-0.05, 0) is 15.9 Å². The molecule has 0 aliphatic carbocycles. The van der Waals surface area contributed by atoms with Gasteiger partial charge in [0.05, 0.1) is 25.6 Å². The largest absolute Gasteiger partial charge is 0.379 e. The summed E-state index contributed by atoms with van der Waals surface area (Å²) in [6, 6.07) is 2.01. The van der Waals surface area contributed by atoms with Crippen molar-refractivity contribution < 1.29 is 4.74 Å². The van der Waals surface area contributed by atoms with Gasteiger partial charge in [0.2, 0.25) is 0 Å². The summed E-state index contributed by atoms with van der Waals surface area (Å²) in [6.45, 7) is 2.92. The highest BCUT2D eigenvalue weighted by Gasteiger charge is 2.26. The summed E-state index contributed by atoms with van der Waals surface area (Å²) in [6.07, 6.45) is 1.71. The Morgan fingerprint density at radius 2 is 2.25 bits per heavy atom. The van der Waals surface area contributed by atoms with Crippen molar-refractivity contribution in [3.05, 3.63) is 16.6 Å². The van der Waals surface area contributed by atoms with E-state index in [-0.39, 0.29) is 6.04 Å². The summed E-state index contributed by atoms with van der Waals surface area (Å²) in [5, 5.41) is 9.26. The van der Waals surface area contributed by atoms with Crippen LogP contribution in [0.25, 0.3) is 0 Å². The van der Waals surface area contributed by atoms with Gasteiger partial charge in [0.15, 0.2) is 0 Å². The molecule has 0 N–H and O–H groups in total. The van der Waals surface area contributed by atoms with E-state index in [9.17, 15) is 5.26 Å². The molecule has 16 heavy (non-hydrogen) atoms. The summed E-state index contributed by atoms with van der Waals surface area (Å²) in [5.41, 5.74) is 0.784. The predicted molar refractivity (Wildman–Crippen MR) is 61.7 cm³/mol. The molecule has 0 radical (unpaired) electrons. The zero-order valence-electron chi connectivity index (χ0n) is 9.06. The maximum atomic E-state index is 9.26. The third kappa shape index (κ3) is 2.12. The Kier molecular flexibility index (Phi) is 3.59. The molecule has 1 aromatic heterocycles. The van der Waals surface area contributed by atoms with Crippen LogP contribution in [0.15, 0.2) is 10.9 Å². The lowest BCUT2D eigenvalue weighted by atomic mass is 10.2. The van der Waals surface area contributed by atoms with Crippen molar-refractivity contribution in [2.75, 3.05) is 26.3 Å². The smallest absolute Gasteiger partial charge is 0.143 e. The van der Waals surface area contributed by atoms with Crippen LogP contribution >= 0.6 is 15.9 Å². The van der Waals surface area contributed by atoms with Crippen LogP contribution in [0, 0.1) is 11.3 Å². The maximum absolute atomic E-state index is 9.26. The van der Waals surface area contributed by atoms with E-state index in [1.807, 2.05) is 11.6 Å². The molecule has 1 atom stereocenters. The highest BCUT2D eigenvalue weighted by Crippen LogP contribution is 2.26. The normalized spacial score (nSPS) is 19.3. The molecule has 0 spiro atoms. The molecular formula is C10H13BrN4O. The van der Waals surface area contributed by atoms with Crippen LogP contribution in [0.3, 0.4) is 0 Å². The van der Waals surface area contributed by atoms with E-state index in [1.54, 1.807) is 6.33 Å². The molecule has 2 rings (SSSR count). The van der Waals surface area contributed by atoms with Gasteiger partial charge in [-0.1, -0.05) is 0 Å². The van der Waals surface area contributed by atoms with E-state index in [0.717, 1.165) is 23.4 Å². The Morgan fingerprint density at radius 1 is 1.56 bits per heavy atom. The zero-order chi connectivity index (χ0) is 11.5. The van der Waals surface area contributed by atoms with E-state index >= 15 is 0 Å². The number of aromatic nitrogens is 2. The molecule has 1 saturated heterocycles. The van der Waals surface area contributed by atoms with Crippen LogP contribution in [-0.2, 0) is 11.8 Å². The number of hydrogen-bond acceptors (Lipinski definition) is 4. The number of aryl methyl sites for hydroxylation is 1. The molecule has 1 aliphatic rings. The monoisotopic (exact) mass is 284 g/mol. The van der Waals surface area contributed by atoms with Crippen molar-refractivity contribution in [2.24, 2.45) is 7.05 Å². The number of ether oxygens (including phenoxy) is 1. The topological polar surface area (TPSA) is 54.1 Å². The van der Waals surface area contributed by atoms with E-state index in [1.165, 1.54) is 0 Å². The standard InChI is InChI=1S/C10H13BrN4O/c1-14-7-13-9(10(14)11)8(6-12)15-2-4-16-5-3-15/h7-8H,2-5H2,1H3. The van der Waals surface area contributed by atoms with Gasteiger partial charge in [-0.2, -0.15) is 5.26 Å². The van der Waals surface area contributed by atoms with E-state index in [4.69, 9.17) is 4.74 Å². The molecule has 0 aromatic carbocycles. The van der Waals surface area contributed by atoms with Gasteiger partial charge in [-0.25, -0.2) is 4.98 Å². The number of nitriles is 1. The van der Waals surface area contributed by atoms with Crippen molar-refractivity contribution >= 4 is 15.9 Å². The van der Waals surface area contributed by atoms with Gasteiger partial charge in [-0.3, -0.25) is 4.90 Å². The summed E-state index contributed by atoms with van der Waals surface area (Å²) in [4.78, 5) is 6.37. The lowest BCUT2D eigenvalue weighted by molar-refractivity contribution is 0.0259. The van der Waals surface area contributed by atoms with Gasteiger partial charge in [-0.15, -0.1) is 0 Å². The number of morpholine rings is 1. The Hall–Kier alpha value is -0.900. The van der Waals surface area contributed by atoms with Crippen LogP contribution in [0.2, 0.25) is 0 Å². The number of halogens is 1. The van der Waals surface area contributed by atoms with Gasteiger partial charge in [0.1, 0.15) is 16.3 Å². The van der Waals surface area contributed by atoms with Crippen LogP contribution in [0.4, 0.5) is 0 Å². The summed E-state index contributed by atoms with van der Waals surface area (Å²) in [7, 11) is 1.90. The average Bonchev–Trinajstić information content (AvgIpc) is 2.64. The van der Waals surface area contributed by atoms with Gasteiger partial charge >= 0.3 is 0 Å². The molecule has 1 fully saturated rings. The quantitative estimate of drug-likeness (QED) is 0.816. The molecule has 1 aliphatic heterocycles. The molecule has 0 saturated carbocycles. The van der Waals surface area contributed by atoms with Crippen molar-refractivity contribution in [3.63, 3.8) is 0 Å². The first-order valence-electron chi connectivity index (χ1n) is 5.12. The lowest BCUT2D eigenvalue weighted by Gasteiger charge is -2.29. The Morgan fingerprint density at radius 3 is 2.75 bits per heavy atom. The maximum Gasteiger partial charge on any atom is 0.143 e. The molecule has 1 aromatic rings. The fraction of sp³-hybridized carbons (Fsp3) is 0.600. The van der Waals surface area contributed by atoms with Gasteiger partial charge < -0.3 is 9.30 Å². The second kappa shape index (κ2) is 4.95. The highest BCUT2D eigenvalue weighted by molar-refractivity contribution is 9.10. The summed E-state index contributed by atoms with van der Waals surface area (Å²) >= 11 is 3.45. The number of hydrogen-bond donors (Lipinski definition) is 0. The fourth-order valence-corrected chi connectivity index (χ4v) is 2.18. The molecular weight excluding hydrogens is 272 g/mol. The minimum Gasteiger partial charge on any atom is -0.379 e. The van der Waals surface area contributed by atoms with Crippen molar-refractivity contribution in [1.29, 1.82) is 5.26 Å². The first-order valence-corrected chi connectivity index (χ1v) is 5.91. The molecule has 0 bridgehead atoms. The van der Waals surface area contributed by atoms with Crippen LogP contribution < -0.4 is 0 Å². The zero-order valence-corrected chi connectivity index (χ0v) is 10.6. The Balaban J connectivity index is 2.22. The van der Waals surface area contributed by atoms with Crippen molar-refractivity contribution in [3.8, 4) is 6.07 Å². The molecule has 5 nitrogen and oxygen atoms in total. The first-order chi connectivity index (χ1) is 7.74. The van der Waals surface area contributed by atoms with E-state index in [0.29, 0.717) is 13.2 Å². The van der Waals surface area contributed by atoms with Crippen LogP contribution in [0.1, 0.15) is 11.7 Å². The third-order valence-corrected chi connectivity index (χ3v) is 3.65. The lowest BCUT2D eigenvalue weighted by Crippen LogP contribution is -2.38. The Bertz CT molecular complexity index is 405. The second-order valence-corrected chi connectivity index (χ2v) is 4.46. The van der Waals surface area contributed by atoms with Crippen molar-refractivity contribution in [1.82, 2.24) is 14.5 Å². The molecule has 0 amide bonds. The van der Waals surface area contributed by atoms with Crippen molar-refractivity contribution in [2.45, 2.75) is 6.04 Å². The van der Waals surface area contributed by atoms with Crippen LogP contribution in [-0.4, -0.2) is 40.8 Å². The summed E-state index contributed by atoms with van der Waals surface area (Å²) in [5.74, 6) is 0. The van der Waals surface area contributed by atoms with Crippen LogP contribution in [0.5, 0.6) is 0 Å². The molecule has 86 valence electrons. The van der Waals surface area contributed by atoms with Gasteiger partial charge in [0.25, 0.3) is 0 Å².